The van der Waals surface area contributed by atoms with Crippen molar-refractivity contribution >= 4 is 5.91 Å². The average molecular weight is 349 g/mol. The third-order valence-corrected chi connectivity index (χ3v) is 4.90. The zero-order valence-electron chi connectivity index (χ0n) is 15.0. The van der Waals surface area contributed by atoms with Crippen molar-refractivity contribution in [3.05, 3.63) is 29.8 Å². The molecule has 2 atom stereocenters. The van der Waals surface area contributed by atoms with Gasteiger partial charge in [0.05, 0.1) is 51.6 Å². The van der Waals surface area contributed by atoms with E-state index < -0.39 is 0 Å². The number of morpholine rings is 1. The fraction of sp³-hybridized carbons (Fsp3) is 0.632. The van der Waals surface area contributed by atoms with Crippen molar-refractivity contribution in [3.63, 3.8) is 0 Å². The van der Waals surface area contributed by atoms with Crippen LogP contribution in [0.1, 0.15) is 18.9 Å². The second-order valence-corrected chi connectivity index (χ2v) is 6.65. The van der Waals surface area contributed by atoms with Crippen LogP contribution in [0.3, 0.4) is 0 Å². The molecule has 138 valence electrons. The maximum absolute atomic E-state index is 13.0. The molecular weight excluding hydrogens is 322 g/mol. The first-order chi connectivity index (χ1) is 12.2. The molecule has 1 spiro atoms. The molecule has 0 aliphatic carbocycles. The maximum Gasteiger partial charge on any atom is 0.227 e. The van der Waals surface area contributed by atoms with E-state index in [0.29, 0.717) is 46.0 Å². The van der Waals surface area contributed by atoms with Crippen LogP contribution in [-0.4, -0.2) is 69.1 Å². The summed E-state index contributed by atoms with van der Waals surface area (Å²) in [6.07, 6.45) is 1.14. The second kappa shape index (κ2) is 8.17. The predicted octanol–water partition coefficient (Wildman–Crippen LogP) is 1.66. The van der Waals surface area contributed by atoms with Crippen LogP contribution in [0, 0.1) is 0 Å². The van der Waals surface area contributed by atoms with Gasteiger partial charge in [0.1, 0.15) is 5.75 Å². The fourth-order valence-corrected chi connectivity index (χ4v) is 3.63. The van der Waals surface area contributed by atoms with Gasteiger partial charge in [-0.25, -0.2) is 0 Å². The highest BCUT2D eigenvalue weighted by atomic mass is 16.5. The highest BCUT2D eigenvalue weighted by Crippen LogP contribution is 2.33. The maximum atomic E-state index is 13.0. The van der Waals surface area contributed by atoms with Gasteiger partial charge in [-0.2, -0.15) is 0 Å². The number of amides is 1. The molecule has 0 saturated carbocycles. The van der Waals surface area contributed by atoms with Crippen LogP contribution in [0.15, 0.2) is 24.3 Å². The molecule has 0 bridgehead atoms. The number of methoxy groups -OCH3 is 1. The highest BCUT2D eigenvalue weighted by molar-refractivity contribution is 5.80. The number of ether oxygens (including phenoxy) is 4. The summed E-state index contributed by atoms with van der Waals surface area (Å²) in [7, 11) is 1.63. The highest BCUT2D eigenvalue weighted by Gasteiger charge is 2.48. The van der Waals surface area contributed by atoms with Gasteiger partial charge in [-0.15, -0.1) is 0 Å². The lowest BCUT2D eigenvalue weighted by atomic mass is 9.92. The summed E-state index contributed by atoms with van der Waals surface area (Å²) < 4.78 is 22.3. The van der Waals surface area contributed by atoms with Crippen molar-refractivity contribution in [2.75, 3.05) is 46.7 Å². The molecule has 1 aromatic carbocycles. The zero-order chi connectivity index (χ0) is 17.7. The molecule has 0 unspecified atom stereocenters. The minimum absolute atomic E-state index is 0.0220. The molecule has 2 aliphatic heterocycles. The average Bonchev–Trinajstić information content (AvgIpc) is 3.03. The van der Waals surface area contributed by atoms with Gasteiger partial charge in [-0.3, -0.25) is 4.79 Å². The van der Waals surface area contributed by atoms with E-state index in [-0.39, 0.29) is 17.6 Å². The number of benzene rings is 1. The molecule has 0 radical (unpaired) electrons. The number of carbonyl (C=O) groups is 1. The molecule has 0 N–H and O–H groups in total. The van der Waals surface area contributed by atoms with Crippen molar-refractivity contribution in [3.8, 4) is 5.75 Å². The van der Waals surface area contributed by atoms with Crippen LogP contribution >= 0.6 is 0 Å². The van der Waals surface area contributed by atoms with Crippen molar-refractivity contribution < 1.29 is 23.7 Å². The van der Waals surface area contributed by atoms with Crippen molar-refractivity contribution in [2.24, 2.45) is 0 Å². The molecule has 6 heteroatoms. The van der Waals surface area contributed by atoms with Crippen molar-refractivity contribution in [2.45, 2.75) is 31.4 Å². The van der Waals surface area contributed by atoms with Gasteiger partial charge in [0.15, 0.2) is 0 Å². The Morgan fingerprint density at radius 2 is 2.28 bits per heavy atom. The summed E-state index contributed by atoms with van der Waals surface area (Å²) in [5.74, 6) is 0.875. The molecular formula is C19H27NO5. The lowest BCUT2D eigenvalue weighted by molar-refractivity contribution is -0.148. The molecule has 25 heavy (non-hydrogen) atoms. The van der Waals surface area contributed by atoms with E-state index in [2.05, 4.69) is 0 Å². The second-order valence-electron chi connectivity index (χ2n) is 6.65. The third kappa shape index (κ3) is 4.14. The van der Waals surface area contributed by atoms with Gasteiger partial charge in [0.25, 0.3) is 0 Å². The van der Waals surface area contributed by atoms with Gasteiger partial charge in [-0.1, -0.05) is 12.1 Å². The standard InChI is InChI=1S/C19H27NO5/c1-3-23-12-17-11-19(14-25-17)13-24-8-7-20(19)18(21)10-15-5-4-6-16(9-15)22-2/h4-6,9,17H,3,7-8,10-14H2,1-2H3/t17-,19+/m1/s1. The first-order valence-electron chi connectivity index (χ1n) is 8.87. The molecule has 2 fully saturated rings. The zero-order valence-corrected chi connectivity index (χ0v) is 15.0. The summed E-state index contributed by atoms with van der Waals surface area (Å²) in [5, 5.41) is 0. The molecule has 3 rings (SSSR count). The number of carbonyl (C=O) groups excluding carboxylic acids is 1. The van der Waals surface area contributed by atoms with Crippen LogP contribution in [0.25, 0.3) is 0 Å². The molecule has 2 saturated heterocycles. The molecule has 0 aromatic heterocycles. The first-order valence-corrected chi connectivity index (χ1v) is 8.87. The summed E-state index contributed by atoms with van der Waals surface area (Å²) in [5.41, 5.74) is 0.589. The topological polar surface area (TPSA) is 57.2 Å². The number of hydrogen-bond acceptors (Lipinski definition) is 5. The first kappa shape index (κ1) is 18.2. The van der Waals surface area contributed by atoms with Gasteiger partial charge in [0.2, 0.25) is 5.91 Å². The van der Waals surface area contributed by atoms with Crippen LogP contribution in [0.4, 0.5) is 0 Å². The van der Waals surface area contributed by atoms with Crippen molar-refractivity contribution in [1.82, 2.24) is 4.90 Å². The minimum atomic E-state index is -0.365. The lowest BCUT2D eigenvalue weighted by Gasteiger charge is -2.43. The van der Waals surface area contributed by atoms with Gasteiger partial charge < -0.3 is 23.8 Å². The Balaban J connectivity index is 1.69. The number of nitrogens with zero attached hydrogens (tertiary/aromatic N) is 1. The van der Waals surface area contributed by atoms with E-state index in [4.69, 9.17) is 18.9 Å². The fourth-order valence-electron chi connectivity index (χ4n) is 3.63. The van der Waals surface area contributed by atoms with Crippen LogP contribution in [0.5, 0.6) is 5.75 Å². The van der Waals surface area contributed by atoms with Gasteiger partial charge in [0, 0.05) is 19.6 Å². The van der Waals surface area contributed by atoms with E-state index >= 15 is 0 Å². The van der Waals surface area contributed by atoms with Gasteiger partial charge >= 0.3 is 0 Å². The lowest BCUT2D eigenvalue weighted by Crippen LogP contribution is -2.60. The largest absolute Gasteiger partial charge is 0.497 e. The van der Waals surface area contributed by atoms with Crippen LogP contribution in [0.2, 0.25) is 0 Å². The monoisotopic (exact) mass is 349 g/mol. The molecule has 2 heterocycles. The Morgan fingerprint density at radius 1 is 1.40 bits per heavy atom. The quantitative estimate of drug-likeness (QED) is 0.782. The van der Waals surface area contributed by atoms with E-state index in [0.717, 1.165) is 17.7 Å². The summed E-state index contributed by atoms with van der Waals surface area (Å²) >= 11 is 0. The molecule has 1 aromatic rings. The van der Waals surface area contributed by atoms with E-state index in [1.54, 1.807) is 7.11 Å². The van der Waals surface area contributed by atoms with Crippen molar-refractivity contribution in [1.29, 1.82) is 0 Å². The van der Waals surface area contributed by atoms with E-state index in [1.165, 1.54) is 0 Å². The van der Waals surface area contributed by atoms with Gasteiger partial charge in [-0.05, 0) is 24.6 Å². The Labute approximate surface area is 149 Å². The van der Waals surface area contributed by atoms with Crippen LogP contribution in [-0.2, 0) is 25.4 Å². The molecule has 2 aliphatic rings. The van der Waals surface area contributed by atoms with Crippen LogP contribution < -0.4 is 4.74 Å². The minimum Gasteiger partial charge on any atom is -0.497 e. The Morgan fingerprint density at radius 3 is 3.08 bits per heavy atom. The third-order valence-electron chi connectivity index (χ3n) is 4.90. The Hall–Kier alpha value is -1.63. The number of hydrogen-bond donors (Lipinski definition) is 0. The summed E-state index contributed by atoms with van der Waals surface area (Å²) in [6.45, 7) is 5.42. The molecule has 1 amide bonds. The molecule has 6 nitrogen and oxygen atoms in total. The Bertz CT molecular complexity index is 593. The summed E-state index contributed by atoms with van der Waals surface area (Å²) in [6, 6.07) is 7.66. The van der Waals surface area contributed by atoms with E-state index in [9.17, 15) is 4.79 Å². The SMILES string of the molecule is CCOC[C@H]1C[C@]2(COCCN2C(=O)Cc2cccc(OC)c2)CO1. The predicted molar refractivity (Wildman–Crippen MR) is 92.8 cm³/mol. The normalized spacial score (nSPS) is 26.2. The van der Waals surface area contributed by atoms with E-state index in [1.807, 2.05) is 36.1 Å². The smallest absolute Gasteiger partial charge is 0.227 e. The number of rotatable bonds is 6. The Kier molecular flexibility index (Phi) is 5.93. The summed E-state index contributed by atoms with van der Waals surface area (Å²) in [4.78, 5) is 15.0.